The van der Waals surface area contributed by atoms with Gasteiger partial charge < -0.3 is 31.1 Å². The third kappa shape index (κ3) is 6.44. The van der Waals surface area contributed by atoms with Gasteiger partial charge in [-0.2, -0.15) is 5.10 Å². The Morgan fingerprint density at radius 3 is 2.83 bits per heavy atom. The number of aliphatic hydroxyl groups is 1. The number of nitrogens with zero attached hydrogens (tertiary/aromatic N) is 3. The van der Waals surface area contributed by atoms with E-state index in [-0.39, 0.29) is 12.0 Å². The minimum atomic E-state index is -0.565. The average molecular weight is 543 g/mol. The van der Waals surface area contributed by atoms with Crippen molar-refractivity contribution in [2.45, 2.75) is 45.9 Å². The van der Waals surface area contributed by atoms with Crippen LogP contribution in [-0.2, 0) is 22.5 Å². The van der Waals surface area contributed by atoms with E-state index in [9.17, 15) is 9.90 Å². The molecule has 1 fully saturated rings. The zero-order valence-electron chi connectivity index (χ0n) is 23.4. The van der Waals surface area contributed by atoms with E-state index in [1.165, 1.54) is 0 Å². The van der Waals surface area contributed by atoms with Crippen LogP contribution in [-0.4, -0.2) is 51.0 Å². The number of allylic oxidation sites excluding steroid dienone is 8. The van der Waals surface area contributed by atoms with Crippen molar-refractivity contribution in [3.05, 3.63) is 108 Å². The van der Waals surface area contributed by atoms with Crippen LogP contribution in [0.2, 0.25) is 0 Å². The summed E-state index contributed by atoms with van der Waals surface area (Å²) in [6, 6.07) is 5.78. The number of carbonyl (C=O) groups excluding carboxylic acids is 1. The van der Waals surface area contributed by atoms with Gasteiger partial charge >= 0.3 is 0 Å². The number of fused-ring (bicyclic) bond motifs is 1. The number of nitrogens with one attached hydrogen (secondary N) is 2. The number of hydrogen-bond acceptors (Lipinski definition) is 7. The summed E-state index contributed by atoms with van der Waals surface area (Å²) in [5.74, 6) is 0.306. The molecule has 2 atom stereocenters. The molecule has 210 valence electrons. The first-order chi connectivity index (χ1) is 19.2. The fourth-order valence-electron chi connectivity index (χ4n) is 4.70. The zero-order valence-corrected chi connectivity index (χ0v) is 23.4. The summed E-state index contributed by atoms with van der Waals surface area (Å²) in [7, 11) is 0. The molecule has 5 N–H and O–H groups in total. The average Bonchev–Trinajstić information content (AvgIpc) is 3.48. The van der Waals surface area contributed by atoms with Crippen LogP contribution in [0.3, 0.4) is 0 Å². The Morgan fingerprint density at radius 2 is 2.17 bits per heavy atom. The molecule has 40 heavy (non-hydrogen) atoms. The van der Waals surface area contributed by atoms with Gasteiger partial charge in [-0.05, 0) is 50.1 Å². The molecule has 2 aromatic rings. The van der Waals surface area contributed by atoms with E-state index in [0.29, 0.717) is 48.9 Å². The van der Waals surface area contributed by atoms with Gasteiger partial charge in [0.05, 0.1) is 23.4 Å². The van der Waals surface area contributed by atoms with Crippen LogP contribution in [0.1, 0.15) is 26.5 Å². The molecule has 0 saturated carbocycles. The molecule has 1 saturated heterocycles. The van der Waals surface area contributed by atoms with E-state index < -0.39 is 6.10 Å². The molecule has 0 unspecified atom stereocenters. The summed E-state index contributed by atoms with van der Waals surface area (Å²) in [5.41, 5.74) is 10.8. The van der Waals surface area contributed by atoms with Crippen molar-refractivity contribution >= 4 is 22.5 Å². The number of amides is 1. The maximum atomic E-state index is 13.5. The fraction of sp³-hybridized carbons (Fsp3) is 0.290. The molecule has 0 spiro atoms. The molecule has 1 aromatic heterocycles. The van der Waals surface area contributed by atoms with Crippen LogP contribution < -0.4 is 16.4 Å². The van der Waals surface area contributed by atoms with E-state index >= 15 is 0 Å². The Balaban J connectivity index is 1.52. The largest absolute Gasteiger partial charge is 0.486 e. The summed E-state index contributed by atoms with van der Waals surface area (Å²) in [4.78, 5) is 15.2. The number of aromatic nitrogens is 2. The van der Waals surface area contributed by atoms with Crippen LogP contribution in [0.25, 0.3) is 10.9 Å². The van der Waals surface area contributed by atoms with Gasteiger partial charge in [0.1, 0.15) is 23.7 Å². The Kier molecular flexibility index (Phi) is 9.08. The number of hydrogen-bond donors (Lipinski definition) is 4. The molecule has 0 bridgehead atoms. The number of β-amino-alcohol motifs (C(OH)–C–C–N with tert-alkyl or cyclic N) is 1. The highest BCUT2D eigenvalue weighted by Crippen LogP contribution is 2.30. The van der Waals surface area contributed by atoms with Gasteiger partial charge in [-0.25, -0.2) is 0 Å². The number of carbonyl (C=O) groups is 1. The highest BCUT2D eigenvalue weighted by molar-refractivity contribution is 6.09. The molecule has 0 radical (unpaired) electrons. The molecule has 0 aliphatic carbocycles. The van der Waals surface area contributed by atoms with Gasteiger partial charge in [0.25, 0.3) is 5.91 Å². The molecule has 3 heterocycles. The van der Waals surface area contributed by atoms with Crippen LogP contribution >= 0.6 is 0 Å². The highest BCUT2D eigenvalue weighted by atomic mass is 16.5. The minimum absolute atomic E-state index is 0.278. The summed E-state index contributed by atoms with van der Waals surface area (Å²) in [5, 5.41) is 21.9. The molecule has 2 aliphatic rings. The molecule has 1 aromatic carbocycles. The van der Waals surface area contributed by atoms with E-state index in [4.69, 9.17) is 15.6 Å². The maximum Gasteiger partial charge on any atom is 0.272 e. The minimum Gasteiger partial charge on any atom is -0.486 e. The molecule has 1 amide bonds. The van der Waals surface area contributed by atoms with Gasteiger partial charge in [0, 0.05) is 42.1 Å². The van der Waals surface area contributed by atoms with Gasteiger partial charge in [-0.15, -0.1) is 0 Å². The molecule has 4 rings (SSSR count). The number of rotatable bonds is 10. The first-order valence-corrected chi connectivity index (χ1v) is 13.4. The molecular weight excluding hydrogens is 504 g/mol. The first-order valence-electron chi connectivity index (χ1n) is 13.4. The lowest BCUT2D eigenvalue weighted by Crippen LogP contribution is -2.29. The second-order valence-electron chi connectivity index (χ2n) is 9.82. The second kappa shape index (κ2) is 12.7. The van der Waals surface area contributed by atoms with E-state index in [1.54, 1.807) is 29.3 Å². The van der Waals surface area contributed by atoms with Crippen molar-refractivity contribution in [1.82, 2.24) is 20.0 Å². The molecule has 2 aliphatic heterocycles. The van der Waals surface area contributed by atoms with Gasteiger partial charge in [-0.3, -0.25) is 9.48 Å². The van der Waals surface area contributed by atoms with Crippen LogP contribution in [0.5, 0.6) is 0 Å². The lowest BCUT2D eigenvalue weighted by atomic mass is 10.1. The van der Waals surface area contributed by atoms with Crippen LogP contribution in [0.15, 0.2) is 102 Å². The molecule has 9 heteroatoms. The van der Waals surface area contributed by atoms with E-state index in [2.05, 4.69) is 23.8 Å². The zero-order chi connectivity index (χ0) is 28.8. The second-order valence-corrected chi connectivity index (χ2v) is 9.82. The number of ether oxygens (including phenoxy) is 1. The summed E-state index contributed by atoms with van der Waals surface area (Å²) in [6.07, 6.45) is 12.4. The highest BCUT2D eigenvalue weighted by Gasteiger charge is 2.28. The summed E-state index contributed by atoms with van der Waals surface area (Å²) >= 11 is 0. The van der Waals surface area contributed by atoms with Crippen molar-refractivity contribution < 1.29 is 14.6 Å². The predicted molar refractivity (Wildman–Crippen MR) is 160 cm³/mol. The third-order valence-electron chi connectivity index (χ3n) is 6.66. The van der Waals surface area contributed by atoms with E-state index in [0.717, 1.165) is 27.9 Å². The molecular formula is C31H38N6O3. The Labute approximate surface area is 235 Å². The lowest BCUT2D eigenvalue weighted by Gasteiger charge is -2.27. The van der Waals surface area contributed by atoms with Crippen LogP contribution in [0, 0.1) is 0 Å². The van der Waals surface area contributed by atoms with Gasteiger partial charge in [-0.1, -0.05) is 44.4 Å². The predicted octanol–water partition coefficient (Wildman–Crippen LogP) is 3.99. The van der Waals surface area contributed by atoms with E-state index in [1.807, 2.05) is 61.9 Å². The number of nitrogens with two attached hydrogens (primary N) is 1. The van der Waals surface area contributed by atoms with Crippen molar-refractivity contribution in [3.8, 4) is 0 Å². The summed E-state index contributed by atoms with van der Waals surface area (Å²) < 4.78 is 7.82. The Bertz CT molecular complexity index is 1450. The number of aliphatic hydroxyl groups excluding tert-OH is 1. The monoisotopic (exact) mass is 542 g/mol. The Hall–Kier alpha value is -4.34. The quantitative estimate of drug-likeness (QED) is 0.265. The number of aryl methyl sites for hydroxylation is 1. The normalized spacial score (nSPS) is 19.9. The first kappa shape index (κ1) is 28.7. The van der Waals surface area contributed by atoms with Gasteiger partial charge in [0.2, 0.25) is 0 Å². The van der Waals surface area contributed by atoms with Crippen molar-refractivity contribution in [2.75, 3.05) is 18.4 Å². The topological polar surface area (TPSA) is 118 Å². The number of anilines is 1. The molecule has 9 nitrogen and oxygen atoms in total. The van der Waals surface area contributed by atoms with Crippen LogP contribution in [0.4, 0.5) is 5.69 Å². The maximum absolute atomic E-state index is 13.5. The standard InChI is InChI=1S/C31H38N6O3/c1-6-24-30-25(12-9-13-27(30)37(35-24)19-20(3)10-8-11-21(4)32)34-31(39)26(7-2)36-15-14-23(16-22(36)5)40-29-18-33-17-28(29)38/h7-16,28-29,33,38H,3,5-6,17-19,32H2,1-2,4H3,(H,34,39)/b10-8-,21-11-,26-7-/t28-,29-/m1/s1. The third-order valence-corrected chi connectivity index (χ3v) is 6.66. The van der Waals surface area contributed by atoms with Crippen molar-refractivity contribution in [2.24, 2.45) is 5.73 Å². The summed E-state index contributed by atoms with van der Waals surface area (Å²) in [6.45, 7) is 15.5. The fourth-order valence-corrected chi connectivity index (χ4v) is 4.70. The van der Waals surface area contributed by atoms with Crippen molar-refractivity contribution in [1.29, 1.82) is 0 Å². The smallest absolute Gasteiger partial charge is 0.272 e. The van der Waals surface area contributed by atoms with Gasteiger partial charge in [0.15, 0.2) is 0 Å². The SMILES string of the molecule is C=C(/C=C\C=C(\C)N)Cn1nc(CC)c2c(NC(=O)/C(=C/C)N3C=CC(O[C@@H]4CNC[C@H]4O)=CC3=C)cccc21. The van der Waals surface area contributed by atoms with Crippen molar-refractivity contribution in [3.63, 3.8) is 0 Å². The number of benzene rings is 1. The lowest BCUT2D eigenvalue weighted by molar-refractivity contribution is -0.113. The Morgan fingerprint density at radius 1 is 1.38 bits per heavy atom.